The molecule has 1 aliphatic carbocycles. The topological polar surface area (TPSA) is 49.9 Å². The molecule has 1 aromatic carbocycles. The monoisotopic (exact) mass is 256 g/mol. The molecule has 0 saturated heterocycles. The number of allylic oxidation sites excluding steroid dienone is 6. The summed E-state index contributed by atoms with van der Waals surface area (Å²) in [5, 5.41) is 7.83. The molecule has 0 aromatic heterocycles. The molecule has 1 aliphatic rings. The zero-order valence-corrected chi connectivity index (χ0v) is 10.8. The van der Waals surface area contributed by atoms with Crippen LogP contribution in [-0.2, 0) is 0 Å². The van der Waals surface area contributed by atoms with Crippen molar-refractivity contribution in [1.29, 1.82) is 5.41 Å². The first-order valence-electron chi connectivity index (χ1n) is 5.84. The van der Waals surface area contributed by atoms with Crippen molar-refractivity contribution in [3.05, 3.63) is 72.4 Å². The van der Waals surface area contributed by atoms with Crippen LogP contribution in [0.4, 0.5) is 0 Å². The lowest BCUT2D eigenvalue weighted by Crippen LogP contribution is -2.12. The number of rotatable bonds is 3. The van der Waals surface area contributed by atoms with Crippen molar-refractivity contribution in [2.24, 2.45) is 11.7 Å². The Morgan fingerprint density at radius 3 is 2.22 bits per heavy atom. The molecule has 0 bridgehead atoms. The molecule has 3 heteroatoms. The van der Waals surface area contributed by atoms with Gasteiger partial charge in [0.15, 0.2) is 5.17 Å². The minimum atomic E-state index is 0.149. The van der Waals surface area contributed by atoms with Gasteiger partial charge < -0.3 is 5.73 Å². The Hall–Kier alpha value is -1.74. The number of amidine groups is 1. The highest BCUT2D eigenvalue weighted by Crippen LogP contribution is 2.37. The van der Waals surface area contributed by atoms with Crippen molar-refractivity contribution in [3.63, 3.8) is 0 Å². The lowest BCUT2D eigenvalue weighted by Gasteiger charge is -2.21. The molecule has 18 heavy (non-hydrogen) atoms. The van der Waals surface area contributed by atoms with Crippen LogP contribution in [0.25, 0.3) is 0 Å². The third-order valence-electron chi connectivity index (χ3n) is 2.73. The fourth-order valence-corrected chi connectivity index (χ4v) is 2.83. The highest BCUT2D eigenvalue weighted by molar-refractivity contribution is 8.13. The number of hydrogen-bond acceptors (Lipinski definition) is 2. The molecule has 0 aliphatic heterocycles. The van der Waals surface area contributed by atoms with Gasteiger partial charge in [0, 0.05) is 11.2 Å². The molecule has 2 nitrogen and oxygen atoms in total. The fourth-order valence-electron chi connectivity index (χ4n) is 1.93. The highest BCUT2D eigenvalue weighted by Gasteiger charge is 2.20. The number of hydrogen-bond donors (Lipinski definition) is 2. The predicted octanol–water partition coefficient (Wildman–Crippen LogP) is 3.65. The van der Waals surface area contributed by atoms with Crippen LogP contribution in [0.3, 0.4) is 0 Å². The molecule has 2 rings (SSSR count). The van der Waals surface area contributed by atoms with E-state index in [2.05, 4.69) is 24.3 Å². The standard InChI is InChI=1S/C15H16N2S/c16-15(17)18-14(13-10-6-3-7-11-13)12-8-4-1-2-5-9-12/h1-12,14H,(H3,16,17). The average Bonchev–Trinajstić information content (AvgIpc) is 2.65. The molecule has 0 spiro atoms. The second-order valence-electron chi connectivity index (χ2n) is 4.05. The summed E-state index contributed by atoms with van der Waals surface area (Å²) < 4.78 is 0. The van der Waals surface area contributed by atoms with Crippen molar-refractivity contribution >= 4 is 16.9 Å². The van der Waals surface area contributed by atoms with E-state index in [1.807, 2.05) is 42.5 Å². The maximum atomic E-state index is 7.52. The molecule has 0 heterocycles. The molecular weight excluding hydrogens is 240 g/mol. The van der Waals surface area contributed by atoms with E-state index < -0.39 is 0 Å². The smallest absolute Gasteiger partial charge is 0.151 e. The Morgan fingerprint density at radius 1 is 1.06 bits per heavy atom. The van der Waals surface area contributed by atoms with Gasteiger partial charge >= 0.3 is 0 Å². The van der Waals surface area contributed by atoms with Crippen molar-refractivity contribution in [2.45, 2.75) is 5.25 Å². The van der Waals surface area contributed by atoms with Crippen molar-refractivity contribution in [1.82, 2.24) is 0 Å². The van der Waals surface area contributed by atoms with E-state index in [-0.39, 0.29) is 16.3 Å². The fraction of sp³-hybridized carbons (Fsp3) is 0.133. The van der Waals surface area contributed by atoms with E-state index in [0.29, 0.717) is 0 Å². The first kappa shape index (κ1) is 12.7. The minimum Gasteiger partial charge on any atom is -0.379 e. The van der Waals surface area contributed by atoms with Gasteiger partial charge in [0.2, 0.25) is 0 Å². The van der Waals surface area contributed by atoms with Crippen LogP contribution in [0.2, 0.25) is 0 Å². The minimum absolute atomic E-state index is 0.149. The molecule has 0 fully saturated rings. The molecule has 3 N–H and O–H groups in total. The predicted molar refractivity (Wildman–Crippen MR) is 79.6 cm³/mol. The quantitative estimate of drug-likeness (QED) is 0.640. The van der Waals surface area contributed by atoms with Crippen LogP contribution in [0.15, 0.2) is 66.8 Å². The number of nitrogens with one attached hydrogen (secondary N) is 1. The lowest BCUT2D eigenvalue weighted by molar-refractivity contribution is 0.787. The second kappa shape index (κ2) is 6.26. The van der Waals surface area contributed by atoms with Gasteiger partial charge in [0.25, 0.3) is 0 Å². The highest BCUT2D eigenvalue weighted by atomic mass is 32.2. The summed E-state index contributed by atoms with van der Waals surface area (Å²) in [6.07, 6.45) is 12.4. The summed E-state index contributed by atoms with van der Waals surface area (Å²) in [5.41, 5.74) is 6.75. The van der Waals surface area contributed by atoms with E-state index in [4.69, 9.17) is 11.1 Å². The molecule has 0 radical (unpaired) electrons. The maximum absolute atomic E-state index is 7.52. The first-order valence-corrected chi connectivity index (χ1v) is 6.72. The number of nitrogens with two attached hydrogens (primary N) is 1. The number of thioether (sulfide) groups is 1. The summed E-state index contributed by atoms with van der Waals surface area (Å²) >= 11 is 1.40. The second-order valence-corrected chi connectivity index (χ2v) is 5.23. The Labute approximate surface area is 112 Å². The summed E-state index contributed by atoms with van der Waals surface area (Å²) in [4.78, 5) is 0. The van der Waals surface area contributed by atoms with Crippen LogP contribution in [0.1, 0.15) is 10.8 Å². The number of benzene rings is 1. The molecule has 0 saturated carbocycles. The van der Waals surface area contributed by atoms with Gasteiger partial charge in [-0.3, -0.25) is 5.41 Å². The van der Waals surface area contributed by atoms with Crippen molar-refractivity contribution < 1.29 is 0 Å². The Morgan fingerprint density at radius 2 is 1.67 bits per heavy atom. The zero-order chi connectivity index (χ0) is 12.8. The average molecular weight is 256 g/mol. The van der Waals surface area contributed by atoms with Gasteiger partial charge in [-0.05, 0) is 5.56 Å². The van der Waals surface area contributed by atoms with Crippen LogP contribution < -0.4 is 5.73 Å². The van der Waals surface area contributed by atoms with Gasteiger partial charge in [0.1, 0.15) is 0 Å². The molecule has 1 aromatic rings. The van der Waals surface area contributed by atoms with Crippen LogP contribution in [0.5, 0.6) is 0 Å². The van der Waals surface area contributed by atoms with E-state index in [9.17, 15) is 0 Å². The van der Waals surface area contributed by atoms with E-state index in [0.717, 1.165) is 0 Å². The molecule has 1 atom stereocenters. The Balaban J connectivity index is 2.28. The summed E-state index contributed by atoms with van der Waals surface area (Å²) in [6, 6.07) is 10.2. The lowest BCUT2D eigenvalue weighted by atomic mass is 9.98. The SMILES string of the molecule is N=C(N)SC(c1ccccc1)C1C=CC=CC=C1. The van der Waals surface area contributed by atoms with Gasteiger partial charge in [0.05, 0.1) is 0 Å². The van der Waals surface area contributed by atoms with Gasteiger partial charge in [-0.2, -0.15) is 0 Å². The summed E-state index contributed by atoms with van der Waals surface area (Å²) in [5.74, 6) is 0.247. The van der Waals surface area contributed by atoms with Crippen LogP contribution in [-0.4, -0.2) is 5.17 Å². The van der Waals surface area contributed by atoms with Crippen LogP contribution >= 0.6 is 11.8 Å². The molecule has 92 valence electrons. The molecule has 1 unspecified atom stereocenters. The van der Waals surface area contributed by atoms with Crippen LogP contribution in [0, 0.1) is 11.3 Å². The summed E-state index contributed by atoms with van der Waals surface area (Å²) in [7, 11) is 0. The van der Waals surface area contributed by atoms with Gasteiger partial charge in [-0.25, -0.2) is 0 Å². The van der Waals surface area contributed by atoms with Gasteiger partial charge in [-0.1, -0.05) is 78.5 Å². The third kappa shape index (κ3) is 3.37. The molecular formula is C15H16N2S. The zero-order valence-electron chi connectivity index (χ0n) is 9.99. The Kier molecular flexibility index (Phi) is 4.42. The maximum Gasteiger partial charge on any atom is 0.151 e. The largest absolute Gasteiger partial charge is 0.379 e. The van der Waals surface area contributed by atoms with E-state index >= 15 is 0 Å². The first-order chi connectivity index (χ1) is 8.77. The summed E-state index contributed by atoms with van der Waals surface area (Å²) in [6.45, 7) is 0. The molecule has 0 amide bonds. The van der Waals surface area contributed by atoms with E-state index in [1.54, 1.807) is 0 Å². The van der Waals surface area contributed by atoms with E-state index in [1.165, 1.54) is 17.3 Å². The van der Waals surface area contributed by atoms with Crippen molar-refractivity contribution in [3.8, 4) is 0 Å². The third-order valence-corrected chi connectivity index (χ3v) is 3.83. The Bertz CT molecular complexity index is 472. The normalized spacial score (nSPS) is 16.4. The van der Waals surface area contributed by atoms with Gasteiger partial charge in [-0.15, -0.1) is 0 Å². The van der Waals surface area contributed by atoms with Crippen molar-refractivity contribution in [2.75, 3.05) is 0 Å².